The normalized spacial score (nSPS) is 32.8. The molecule has 4 bridgehead atoms. The molecule has 0 spiro atoms. The van der Waals surface area contributed by atoms with Crippen LogP contribution < -0.4 is 5.32 Å². The molecule has 6 heteroatoms. The number of nitrogens with one attached hydrogen (secondary N) is 1. The lowest BCUT2D eigenvalue weighted by Gasteiger charge is -2.56. The number of aromatic nitrogens is 1. The van der Waals surface area contributed by atoms with Gasteiger partial charge in [0, 0.05) is 10.8 Å². The van der Waals surface area contributed by atoms with Crippen molar-refractivity contribution in [3.63, 3.8) is 0 Å². The molecule has 6 rings (SSSR count). The SMILES string of the molecule is FC(F)(F)c1ccccc1Nc1nc(C23CC4CC(CC(C4)C2)C3)cs1. The molecule has 0 amide bonds. The Hall–Kier alpha value is -1.56. The van der Waals surface area contributed by atoms with Crippen molar-refractivity contribution in [3.8, 4) is 0 Å². The van der Waals surface area contributed by atoms with Gasteiger partial charge in [-0.1, -0.05) is 12.1 Å². The van der Waals surface area contributed by atoms with E-state index in [4.69, 9.17) is 4.98 Å². The second-order valence-corrected chi connectivity index (χ2v) is 9.26. The molecule has 1 N–H and O–H groups in total. The number of alkyl halides is 3. The minimum absolute atomic E-state index is 0.0754. The van der Waals surface area contributed by atoms with Crippen molar-refractivity contribution in [2.24, 2.45) is 17.8 Å². The van der Waals surface area contributed by atoms with Crippen LogP contribution in [0, 0.1) is 17.8 Å². The fraction of sp³-hybridized carbons (Fsp3) is 0.550. The van der Waals surface area contributed by atoms with Gasteiger partial charge in [0.1, 0.15) is 0 Å². The van der Waals surface area contributed by atoms with Crippen molar-refractivity contribution >= 4 is 22.2 Å². The Morgan fingerprint density at radius 2 is 1.62 bits per heavy atom. The first kappa shape index (κ1) is 16.6. The number of hydrogen-bond acceptors (Lipinski definition) is 3. The molecule has 138 valence electrons. The van der Waals surface area contributed by atoms with Gasteiger partial charge in [-0.25, -0.2) is 4.98 Å². The average Bonchev–Trinajstić information content (AvgIpc) is 3.02. The van der Waals surface area contributed by atoms with Crippen LogP contribution in [0.5, 0.6) is 0 Å². The molecule has 1 aromatic carbocycles. The molecule has 2 aromatic rings. The Morgan fingerprint density at radius 3 is 2.23 bits per heavy atom. The Bertz CT molecular complexity index is 791. The zero-order valence-corrected chi connectivity index (χ0v) is 15.2. The van der Waals surface area contributed by atoms with Crippen molar-refractivity contribution in [3.05, 3.63) is 40.9 Å². The molecule has 0 radical (unpaired) electrons. The van der Waals surface area contributed by atoms with Crippen LogP contribution in [0.1, 0.15) is 49.8 Å². The molecule has 4 aliphatic rings. The maximum atomic E-state index is 13.2. The summed E-state index contributed by atoms with van der Waals surface area (Å²) in [6.07, 6.45) is 3.36. The number of hydrogen-bond donors (Lipinski definition) is 1. The van der Waals surface area contributed by atoms with Crippen molar-refractivity contribution in [1.82, 2.24) is 4.98 Å². The Labute approximate surface area is 154 Å². The topological polar surface area (TPSA) is 24.9 Å². The lowest BCUT2D eigenvalue weighted by Crippen LogP contribution is -2.48. The first-order valence-electron chi connectivity index (χ1n) is 9.30. The molecule has 26 heavy (non-hydrogen) atoms. The number of benzene rings is 1. The van der Waals surface area contributed by atoms with Gasteiger partial charge in [0.25, 0.3) is 0 Å². The van der Waals surface area contributed by atoms with Crippen LogP contribution in [0.3, 0.4) is 0 Å². The van der Waals surface area contributed by atoms with E-state index in [1.54, 1.807) is 6.07 Å². The Balaban J connectivity index is 1.42. The summed E-state index contributed by atoms with van der Waals surface area (Å²) in [5.41, 5.74) is 0.709. The van der Waals surface area contributed by atoms with E-state index in [1.165, 1.54) is 62.0 Å². The molecule has 1 heterocycles. The summed E-state index contributed by atoms with van der Waals surface area (Å²) in [7, 11) is 0. The first-order chi connectivity index (χ1) is 12.4. The highest BCUT2D eigenvalue weighted by Gasteiger charge is 2.52. The van der Waals surface area contributed by atoms with Gasteiger partial charge in [0.2, 0.25) is 0 Å². The fourth-order valence-electron chi connectivity index (χ4n) is 5.95. The third kappa shape index (κ3) is 2.73. The van der Waals surface area contributed by atoms with Gasteiger partial charge < -0.3 is 5.32 Å². The van der Waals surface area contributed by atoms with Crippen molar-refractivity contribution in [2.45, 2.75) is 50.1 Å². The first-order valence-corrected chi connectivity index (χ1v) is 10.2. The summed E-state index contributed by atoms with van der Waals surface area (Å²) in [5.74, 6) is 2.47. The van der Waals surface area contributed by atoms with Crippen LogP contribution in [0.2, 0.25) is 0 Å². The van der Waals surface area contributed by atoms with Crippen molar-refractivity contribution in [1.29, 1.82) is 0 Å². The van der Waals surface area contributed by atoms with Crippen LogP contribution in [0.15, 0.2) is 29.6 Å². The second-order valence-electron chi connectivity index (χ2n) is 8.40. The second kappa shape index (κ2) is 5.72. The lowest BCUT2D eigenvalue weighted by atomic mass is 9.49. The van der Waals surface area contributed by atoms with Gasteiger partial charge in [0.15, 0.2) is 5.13 Å². The number of rotatable bonds is 3. The molecule has 0 aliphatic heterocycles. The molecule has 4 aliphatic carbocycles. The summed E-state index contributed by atoms with van der Waals surface area (Å²) in [4.78, 5) is 4.76. The van der Waals surface area contributed by atoms with Gasteiger partial charge in [-0.2, -0.15) is 13.2 Å². The Kier molecular flexibility index (Phi) is 3.65. The summed E-state index contributed by atoms with van der Waals surface area (Å²) >= 11 is 1.42. The molecule has 0 atom stereocenters. The van der Waals surface area contributed by atoms with Crippen molar-refractivity contribution < 1.29 is 13.2 Å². The predicted molar refractivity (Wildman–Crippen MR) is 96.7 cm³/mol. The van der Waals surface area contributed by atoms with Crippen molar-refractivity contribution in [2.75, 3.05) is 5.32 Å². The number of anilines is 2. The van der Waals surface area contributed by atoms with E-state index in [2.05, 4.69) is 10.7 Å². The summed E-state index contributed by atoms with van der Waals surface area (Å²) in [6.45, 7) is 0. The molecule has 0 unspecified atom stereocenters. The summed E-state index contributed by atoms with van der Waals surface area (Å²) in [5, 5.41) is 5.56. The Morgan fingerprint density at radius 1 is 1.00 bits per heavy atom. The quantitative estimate of drug-likeness (QED) is 0.671. The van der Waals surface area contributed by atoms with E-state index < -0.39 is 11.7 Å². The molecular formula is C20H21F3N2S. The van der Waals surface area contributed by atoms with E-state index in [0.29, 0.717) is 5.13 Å². The van der Waals surface area contributed by atoms with Crippen LogP contribution in [0.25, 0.3) is 0 Å². The van der Waals surface area contributed by atoms with E-state index in [-0.39, 0.29) is 11.1 Å². The smallest absolute Gasteiger partial charge is 0.331 e. The summed E-state index contributed by atoms with van der Waals surface area (Å²) in [6, 6.07) is 5.60. The van der Waals surface area contributed by atoms with Gasteiger partial charge >= 0.3 is 6.18 Å². The zero-order chi connectivity index (χ0) is 17.9. The van der Waals surface area contributed by atoms with Crippen LogP contribution in [-0.2, 0) is 11.6 Å². The third-order valence-corrected chi connectivity index (χ3v) is 7.32. The lowest BCUT2D eigenvalue weighted by molar-refractivity contribution is -0.136. The van der Waals surface area contributed by atoms with Gasteiger partial charge in [-0.05, 0) is 68.4 Å². The van der Waals surface area contributed by atoms with Gasteiger partial charge in [-0.15, -0.1) is 11.3 Å². The van der Waals surface area contributed by atoms with E-state index in [9.17, 15) is 13.2 Å². The number of nitrogens with zero attached hydrogens (tertiary/aromatic N) is 1. The maximum absolute atomic E-state index is 13.2. The van der Waals surface area contributed by atoms with Gasteiger partial charge in [-0.3, -0.25) is 0 Å². The van der Waals surface area contributed by atoms with E-state index in [0.717, 1.165) is 29.5 Å². The maximum Gasteiger partial charge on any atom is 0.418 e. The predicted octanol–water partition coefficient (Wildman–Crippen LogP) is 6.37. The highest BCUT2D eigenvalue weighted by molar-refractivity contribution is 7.13. The minimum atomic E-state index is -4.37. The molecule has 4 saturated carbocycles. The fourth-order valence-corrected chi connectivity index (χ4v) is 6.80. The monoisotopic (exact) mass is 378 g/mol. The average molecular weight is 378 g/mol. The van der Waals surface area contributed by atoms with E-state index in [1.807, 2.05) is 0 Å². The number of para-hydroxylation sites is 1. The third-order valence-electron chi connectivity index (χ3n) is 6.56. The number of thiazole rings is 1. The molecule has 4 fully saturated rings. The van der Waals surface area contributed by atoms with Crippen LogP contribution >= 0.6 is 11.3 Å². The summed E-state index contributed by atoms with van der Waals surface area (Å²) < 4.78 is 39.6. The number of halogens is 3. The highest BCUT2D eigenvalue weighted by atomic mass is 32.1. The molecule has 0 saturated heterocycles. The largest absolute Gasteiger partial charge is 0.418 e. The standard InChI is InChI=1S/C20H21F3N2S/c21-20(22,23)15-3-1-2-4-16(15)24-18-25-17(11-26-18)19-8-12-5-13(9-19)7-14(6-12)10-19/h1-4,11-14H,5-10H2,(H,24,25). The zero-order valence-electron chi connectivity index (χ0n) is 14.4. The molecule has 2 nitrogen and oxygen atoms in total. The highest BCUT2D eigenvalue weighted by Crippen LogP contribution is 2.60. The van der Waals surface area contributed by atoms with Gasteiger partial charge in [0.05, 0.1) is 16.9 Å². The van der Waals surface area contributed by atoms with Crippen LogP contribution in [0.4, 0.5) is 24.0 Å². The molecular weight excluding hydrogens is 357 g/mol. The van der Waals surface area contributed by atoms with Crippen LogP contribution in [-0.4, -0.2) is 4.98 Å². The van der Waals surface area contributed by atoms with E-state index >= 15 is 0 Å². The molecule has 1 aromatic heterocycles. The minimum Gasteiger partial charge on any atom is -0.331 e.